The highest BCUT2D eigenvalue weighted by molar-refractivity contribution is 5.71. The standard InChI is InChI=1S/C20H18F6N4O/c21-19(22,23)12-7-11(8-13(9-12)20(24,25)26)16-10-28-18-17(27-5-6-30(16)18)29-14-1-3-15(31)4-2-14/h5-10,14-15,31H,1-4H2,(H,27,29). The molecule has 2 N–H and O–H groups in total. The molecule has 11 heteroatoms. The van der Waals surface area contributed by atoms with Crippen molar-refractivity contribution in [3.8, 4) is 11.3 Å². The van der Waals surface area contributed by atoms with Crippen LogP contribution < -0.4 is 5.32 Å². The van der Waals surface area contributed by atoms with Crippen LogP contribution in [-0.4, -0.2) is 31.6 Å². The zero-order valence-corrected chi connectivity index (χ0v) is 16.0. The van der Waals surface area contributed by atoms with Gasteiger partial charge in [0.25, 0.3) is 0 Å². The molecule has 1 aliphatic carbocycles. The van der Waals surface area contributed by atoms with Gasteiger partial charge in [-0.05, 0) is 43.9 Å². The molecule has 2 heterocycles. The van der Waals surface area contributed by atoms with Crippen molar-refractivity contribution in [3.05, 3.63) is 47.9 Å². The highest BCUT2D eigenvalue weighted by atomic mass is 19.4. The first-order chi connectivity index (χ1) is 14.5. The SMILES string of the molecule is OC1CCC(Nc2nccn3c(-c4cc(C(F)(F)F)cc(C(F)(F)F)c4)cnc23)CC1. The van der Waals surface area contributed by atoms with Gasteiger partial charge in [-0.2, -0.15) is 26.3 Å². The van der Waals surface area contributed by atoms with E-state index in [0.717, 1.165) is 0 Å². The van der Waals surface area contributed by atoms with Gasteiger partial charge < -0.3 is 10.4 Å². The number of aromatic nitrogens is 3. The topological polar surface area (TPSA) is 62.5 Å². The Balaban J connectivity index is 1.75. The Bertz CT molecular complexity index is 1050. The van der Waals surface area contributed by atoms with Gasteiger partial charge in [0.1, 0.15) is 0 Å². The van der Waals surface area contributed by atoms with Crippen LogP contribution in [0.2, 0.25) is 0 Å². The van der Waals surface area contributed by atoms with E-state index in [9.17, 15) is 31.4 Å². The van der Waals surface area contributed by atoms with Crippen molar-refractivity contribution in [1.82, 2.24) is 14.4 Å². The van der Waals surface area contributed by atoms with E-state index < -0.39 is 23.5 Å². The van der Waals surface area contributed by atoms with Crippen molar-refractivity contribution in [2.75, 3.05) is 5.32 Å². The van der Waals surface area contributed by atoms with Gasteiger partial charge >= 0.3 is 12.4 Å². The molecule has 0 saturated heterocycles. The third-order valence-electron chi connectivity index (χ3n) is 5.35. The maximum atomic E-state index is 13.2. The number of hydrogen-bond acceptors (Lipinski definition) is 4. The van der Waals surface area contributed by atoms with Crippen molar-refractivity contribution < 1.29 is 31.4 Å². The molecule has 1 aromatic carbocycles. The van der Waals surface area contributed by atoms with Gasteiger partial charge in [0.15, 0.2) is 11.5 Å². The molecule has 4 rings (SSSR count). The molecule has 3 aromatic rings. The molecule has 0 atom stereocenters. The second-order valence-corrected chi connectivity index (χ2v) is 7.56. The minimum Gasteiger partial charge on any atom is -0.393 e. The minimum absolute atomic E-state index is 0.0349. The first kappa shape index (κ1) is 21.4. The monoisotopic (exact) mass is 444 g/mol. The van der Waals surface area contributed by atoms with Crippen molar-refractivity contribution in [1.29, 1.82) is 0 Å². The molecule has 1 saturated carbocycles. The molecule has 1 aliphatic rings. The van der Waals surface area contributed by atoms with Crippen LogP contribution in [0, 0.1) is 0 Å². The summed E-state index contributed by atoms with van der Waals surface area (Å²) >= 11 is 0. The lowest BCUT2D eigenvalue weighted by molar-refractivity contribution is -0.143. The van der Waals surface area contributed by atoms with Gasteiger partial charge in [-0.3, -0.25) is 4.40 Å². The number of benzene rings is 1. The number of aliphatic hydroxyl groups excluding tert-OH is 1. The number of aliphatic hydroxyl groups is 1. The summed E-state index contributed by atoms with van der Waals surface area (Å²) < 4.78 is 80.7. The Hall–Kier alpha value is -2.82. The minimum atomic E-state index is -4.93. The summed E-state index contributed by atoms with van der Waals surface area (Å²) in [6.45, 7) is 0. The van der Waals surface area contributed by atoms with E-state index in [4.69, 9.17) is 0 Å². The first-order valence-electron chi connectivity index (χ1n) is 9.59. The average Bonchev–Trinajstić information content (AvgIpc) is 3.13. The molecule has 31 heavy (non-hydrogen) atoms. The zero-order valence-electron chi connectivity index (χ0n) is 16.0. The number of rotatable bonds is 3. The molecule has 0 bridgehead atoms. The molecule has 0 radical (unpaired) electrons. The van der Waals surface area contributed by atoms with Crippen LogP contribution >= 0.6 is 0 Å². The molecule has 166 valence electrons. The number of hydrogen-bond donors (Lipinski definition) is 2. The Labute approximate surface area is 172 Å². The fourth-order valence-electron chi connectivity index (χ4n) is 3.75. The highest BCUT2D eigenvalue weighted by Gasteiger charge is 2.37. The normalized spacial score (nSPS) is 20.2. The van der Waals surface area contributed by atoms with E-state index in [2.05, 4.69) is 15.3 Å². The molecule has 0 spiro atoms. The summed E-state index contributed by atoms with van der Waals surface area (Å²) in [5.74, 6) is 0.373. The van der Waals surface area contributed by atoms with E-state index in [-0.39, 0.29) is 35.1 Å². The Morgan fingerprint density at radius 3 is 2.10 bits per heavy atom. The molecule has 0 amide bonds. The summed E-state index contributed by atoms with van der Waals surface area (Å²) in [6, 6.07) is 1.48. The van der Waals surface area contributed by atoms with Gasteiger partial charge in [0, 0.05) is 24.0 Å². The molecule has 0 unspecified atom stereocenters. The van der Waals surface area contributed by atoms with Crippen LogP contribution in [0.1, 0.15) is 36.8 Å². The number of imidazole rings is 1. The van der Waals surface area contributed by atoms with Crippen LogP contribution in [-0.2, 0) is 12.4 Å². The van der Waals surface area contributed by atoms with Gasteiger partial charge in [-0.1, -0.05) is 0 Å². The van der Waals surface area contributed by atoms with Crippen molar-refractivity contribution in [2.24, 2.45) is 0 Å². The summed E-state index contributed by atoms with van der Waals surface area (Å²) in [7, 11) is 0. The van der Waals surface area contributed by atoms with Crippen molar-refractivity contribution in [3.63, 3.8) is 0 Å². The predicted octanol–water partition coefficient (Wildman–Crippen LogP) is 5.15. The Morgan fingerprint density at radius 2 is 1.52 bits per heavy atom. The lowest BCUT2D eigenvalue weighted by Crippen LogP contribution is -2.28. The number of anilines is 1. The Morgan fingerprint density at radius 1 is 0.903 bits per heavy atom. The molecule has 2 aromatic heterocycles. The van der Waals surface area contributed by atoms with E-state index in [0.29, 0.717) is 43.6 Å². The van der Waals surface area contributed by atoms with Crippen molar-refractivity contribution >= 4 is 11.5 Å². The largest absolute Gasteiger partial charge is 0.416 e. The Kier molecular flexibility index (Phi) is 5.32. The van der Waals surface area contributed by atoms with Crippen molar-refractivity contribution in [2.45, 2.75) is 50.2 Å². The fourth-order valence-corrected chi connectivity index (χ4v) is 3.75. The van der Waals surface area contributed by atoms with Crippen LogP contribution in [0.3, 0.4) is 0 Å². The quantitative estimate of drug-likeness (QED) is 0.549. The number of alkyl halides is 6. The summed E-state index contributed by atoms with van der Waals surface area (Å²) in [5.41, 5.74) is -2.67. The second-order valence-electron chi connectivity index (χ2n) is 7.56. The molecular formula is C20H18F6N4O. The lowest BCUT2D eigenvalue weighted by atomic mass is 9.93. The second kappa shape index (κ2) is 7.70. The average molecular weight is 444 g/mol. The third-order valence-corrected chi connectivity index (χ3v) is 5.35. The maximum absolute atomic E-state index is 13.2. The number of halogens is 6. The van der Waals surface area contributed by atoms with Gasteiger partial charge in [0.2, 0.25) is 0 Å². The smallest absolute Gasteiger partial charge is 0.393 e. The zero-order chi connectivity index (χ0) is 22.4. The molecular weight excluding hydrogens is 426 g/mol. The van der Waals surface area contributed by atoms with E-state index >= 15 is 0 Å². The van der Waals surface area contributed by atoms with Gasteiger partial charge in [-0.25, -0.2) is 9.97 Å². The molecule has 1 fully saturated rings. The van der Waals surface area contributed by atoms with E-state index in [1.165, 1.54) is 23.0 Å². The number of nitrogens with zero attached hydrogens (tertiary/aromatic N) is 3. The summed E-state index contributed by atoms with van der Waals surface area (Å²) in [4.78, 5) is 8.41. The predicted molar refractivity (Wildman–Crippen MR) is 100 cm³/mol. The van der Waals surface area contributed by atoms with E-state index in [1.54, 1.807) is 0 Å². The number of fused-ring (bicyclic) bond motifs is 1. The van der Waals surface area contributed by atoms with Crippen LogP contribution in [0.25, 0.3) is 16.9 Å². The highest BCUT2D eigenvalue weighted by Crippen LogP contribution is 2.39. The van der Waals surface area contributed by atoms with Crippen LogP contribution in [0.4, 0.5) is 32.2 Å². The molecule has 0 aliphatic heterocycles. The van der Waals surface area contributed by atoms with E-state index in [1.807, 2.05) is 0 Å². The van der Waals surface area contributed by atoms with Gasteiger partial charge in [-0.15, -0.1) is 0 Å². The lowest BCUT2D eigenvalue weighted by Gasteiger charge is -2.26. The molecule has 5 nitrogen and oxygen atoms in total. The summed E-state index contributed by atoms with van der Waals surface area (Å²) in [5, 5.41) is 12.8. The summed E-state index contributed by atoms with van der Waals surface area (Å²) in [6.07, 6.45) is -3.48. The van der Waals surface area contributed by atoms with Crippen LogP contribution in [0.15, 0.2) is 36.8 Å². The first-order valence-corrected chi connectivity index (χ1v) is 9.59. The number of nitrogens with one attached hydrogen (secondary N) is 1. The fraction of sp³-hybridized carbons (Fsp3) is 0.400. The van der Waals surface area contributed by atoms with Gasteiger partial charge in [0.05, 0.1) is 29.1 Å². The third kappa shape index (κ3) is 4.46. The van der Waals surface area contributed by atoms with Crippen LogP contribution in [0.5, 0.6) is 0 Å². The maximum Gasteiger partial charge on any atom is 0.416 e.